The fraction of sp³-hybridized carbons (Fsp3) is 0.457. The van der Waals surface area contributed by atoms with Gasteiger partial charge in [0.25, 0.3) is 5.91 Å². The second-order valence-corrected chi connectivity index (χ2v) is 12.5. The molecule has 0 aliphatic carbocycles. The van der Waals surface area contributed by atoms with Crippen molar-refractivity contribution in [1.29, 1.82) is 0 Å². The molecule has 2 atom stereocenters. The second kappa shape index (κ2) is 17.8. The van der Waals surface area contributed by atoms with Crippen LogP contribution in [0.4, 0.5) is 9.59 Å². The Morgan fingerprint density at radius 3 is 2.28 bits per heavy atom. The average Bonchev–Trinajstić information content (AvgIpc) is 3.43. The molecule has 4 amide bonds. The number of nitrogens with zero attached hydrogens (tertiary/aromatic N) is 1. The average molecular weight is 650 g/mol. The van der Waals surface area contributed by atoms with Gasteiger partial charge in [-0.25, -0.2) is 14.5 Å². The van der Waals surface area contributed by atoms with Gasteiger partial charge in [0.15, 0.2) is 5.78 Å². The van der Waals surface area contributed by atoms with Crippen LogP contribution in [0, 0.1) is 0 Å². The van der Waals surface area contributed by atoms with Crippen LogP contribution in [-0.2, 0) is 36.9 Å². The van der Waals surface area contributed by atoms with Crippen molar-refractivity contribution in [2.45, 2.75) is 96.4 Å². The number of rotatable bonds is 17. The maximum atomic E-state index is 14.4. The number of aromatic amines is 1. The number of carbonyl (C=O) groups is 5. The summed E-state index contributed by atoms with van der Waals surface area (Å²) >= 11 is 0. The van der Waals surface area contributed by atoms with Gasteiger partial charge >= 0.3 is 12.2 Å². The molecule has 3 rings (SSSR count). The number of ether oxygens (including phenoxy) is 2. The van der Waals surface area contributed by atoms with E-state index >= 15 is 0 Å². The van der Waals surface area contributed by atoms with Crippen LogP contribution in [0.3, 0.4) is 0 Å². The molecule has 1 heterocycles. The minimum atomic E-state index is -1.27. The molecular weight excluding hydrogens is 602 g/mol. The van der Waals surface area contributed by atoms with E-state index in [1.54, 1.807) is 39.1 Å². The zero-order valence-corrected chi connectivity index (χ0v) is 27.5. The van der Waals surface area contributed by atoms with Crippen LogP contribution in [0.1, 0.15) is 76.8 Å². The van der Waals surface area contributed by atoms with Crippen LogP contribution in [0.2, 0.25) is 0 Å². The van der Waals surface area contributed by atoms with Crippen LogP contribution in [0.25, 0.3) is 10.9 Å². The fourth-order valence-corrected chi connectivity index (χ4v) is 5.13. The third-order valence-electron chi connectivity index (χ3n) is 7.45. The summed E-state index contributed by atoms with van der Waals surface area (Å²) in [5.41, 5.74) is 12.3. The van der Waals surface area contributed by atoms with E-state index in [2.05, 4.69) is 10.3 Å². The molecule has 0 aliphatic rings. The third-order valence-corrected chi connectivity index (χ3v) is 7.45. The Bertz CT molecular complexity index is 1500. The molecular formula is C35H47N5O7. The summed E-state index contributed by atoms with van der Waals surface area (Å²) in [7, 11) is 0. The van der Waals surface area contributed by atoms with Gasteiger partial charge in [-0.15, -0.1) is 0 Å². The molecule has 0 fully saturated rings. The molecule has 0 saturated carbocycles. The Morgan fingerprint density at radius 1 is 0.915 bits per heavy atom. The molecule has 3 aromatic rings. The topological polar surface area (TPSA) is 187 Å². The lowest BCUT2D eigenvalue weighted by Crippen LogP contribution is -2.57. The first kappa shape index (κ1) is 36.8. The molecule has 47 heavy (non-hydrogen) atoms. The number of unbranched alkanes of at least 4 members (excludes halogenated alkanes) is 2. The van der Waals surface area contributed by atoms with Gasteiger partial charge in [0.1, 0.15) is 24.3 Å². The van der Waals surface area contributed by atoms with Crippen molar-refractivity contribution < 1.29 is 33.4 Å². The fourth-order valence-electron chi connectivity index (χ4n) is 5.13. The van der Waals surface area contributed by atoms with Gasteiger partial charge in [-0.1, -0.05) is 48.5 Å². The number of fused-ring (bicyclic) bond motifs is 1. The third kappa shape index (κ3) is 11.9. The Labute approximate surface area is 275 Å². The monoisotopic (exact) mass is 649 g/mol. The largest absolute Gasteiger partial charge is 0.445 e. The molecule has 0 spiro atoms. The number of primary amides is 1. The number of para-hydroxylation sites is 1. The lowest BCUT2D eigenvalue weighted by molar-refractivity contribution is -0.140. The normalized spacial score (nSPS) is 12.6. The minimum Gasteiger partial charge on any atom is -0.445 e. The first-order valence-electron chi connectivity index (χ1n) is 16.0. The number of alkyl carbamates (subject to hydrolysis) is 1. The van der Waals surface area contributed by atoms with E-state index in [1.165, 1.54) is 0 Å². The highest BCUT2D eigenvalue weighted by atomic mass is 16.6. The quantitative estimate of drug-likeness (QED) is 0.149. The highest BCUT2D eigenvalue weighted by molar-refractivity contribution is 6.02. The van der Waals surface area contributed by atoms with Crippen LogP contribution < -0.4 is 16.8 Å². The van der Waals surface area contributed by atoms with Gasteiger partial charge in [0.05, 0.1) is 0 Å². The summed E-state index contributed by atoms with van der Waals surface area (Å²) in [5, 5.41) is 3.45. The molecule has 0 radical (unpaired) electrons. The number of amides is 4. The molecule has 0 saturated heterocycles. The van der Waals surface area contributed by atoms with Crippen molar-refractivity contribution in [1.82, 2.24) is 15.2 Å². The Hall–Kier alpha value is -4.71. The van der Waals surface area contributed by atoms with Gasteiger partial charge in [-0.3, -0.25) is 14.4 Å². The maximum absolute atomic E-state index is 14.4. The van der Waals surface area contributed by atoms with E-state index < -0.39 is 47.5 Å². The molecule has 0 unspecified atom stereocenters. The molecule has 12 nitrogen and oxygen atoms in total. The number of nitrogens with two attached hydrogens (primary N) is 2. The zero-order chi connectivity index (χ0) is 34.4. The van der Waals surface area contributed by atoms with Crippen LogP contribution in [-0.4, -0.2) is 63.9 Å². The summed E-state index contributed by atoms with van der Waals surface area (Å²) in [6, 6.07) is 14.1. The van der Waals surface area contributed by atoms with Crippen molar-refractivity contribution in [3.8, 4) is 0 Å². The van der Waals surface area contributed by atoms with Gasteiger partial charge in [0, 0.05) is 36.4 Å². The number of aromatic nitrogens is 1. The SMILES string of the molecule is CC(C)(C)OC(=O)N(C(=O)[C@H](CCCCN)NC(=O)OCc1ccccc1)[C@@H](Cc1c[nH]c2ccccc12)C(=O)CCCCC(N)=O. The number of nitrogens with one attached hydrogen (secondary N) is 2. The van der Waals surface area contributed by atoms with Crippen molar-refractivity contribution in [3.63, 3.8) is 0 Å². The summed E-state index contributed by atoms with van der Waals surface area (Å²) in [5.74, 6) is -1.68. The van der Waals surface area contributed by atoms with E-state index in [4.69, 9.17) is 20.9 Å². The highest BCUT2D eigenvalue weighted by Gasteiger charge is 2.41. The van der Waals surface area contributed by atoms with Gasteiger partial charge in [-0.2, -0.15) is 0 Å². The first-order valence-corrected chi connectivity index (χ1v) is 16.0. The number of hydrogen-bond donors (Lipinski definition) is 4. The highest BCUT2D eigenvalue weighted by Crippen LogP contribution is 2.25. The number of ketones is 1. The first-order chi connectivity index (χ1) is 22.4. The zero-order valence-electron chi connectivity index (χ0n) is 27.5. The Kier molecular flexibility index (Phi) is 14.0. The smallest absolute Gasteiger partial charge is 0.417 e. The molecule has 254 valence electrons. The van der Waals surface area contributed by atoms with E-state index in [0.29, 0.717) is 37.8 Å². The molecule has 0 aliphatic heterocycles. The van der Waals surface area contributed by atoms with Crippen LogP contribution in [0.15, 0.2) is 60.8 Å². The number of Topliss-reactive ketones (excluding diaryl/α,β-unsaturated/α-hetero) is 1. The number of carbonyl (C=O) groups excluding carboxylic acids is 5. The predicted molar refractivity (Wildman–Crippen MR) is 178 cm³/mol. The number of H-pyrrole nitrogens is 1. The number of imide groups is 1. The van der Waals surface area contributed by atoms with E-state index in [0.717, 1.165) is 21.4 Å². The van der Waals surface area contributed by atoms with Gasteiger partial charge in [-0.05, 0) is 76.6 Å². The van der Waals surface area contributed by atoms with Crippen molar-refractivity contribution in [2.24, 2.45) is 11.5 Å². The lowest BCUT2D eigenvalue weighted by atomic mass is 9.96. The molecule has 1 aromatic heterocycles. The predicted octanol–water partition coefficient (Wildman–Crippen LogP) is 4.88. The molecule has 6 N–H and O–H groups in total. The standard InChI is InChI=1S/C35H47N5O7/c1-35(2,3)47-34(45)40(32(43)28(17-11-12-20-36)39-33(44)46-23-24-13-5-4-6-14-24)29(30(41)18-9-10-19-31(37)42)21-25-22-38-27-16-8-7-15-26(25)27/h4-8,13-16,22,28-29,38H,9-12,17-21,23,36H2,1-3H3,(H2,37,42)(H,39,44)/t28-,29-/m0/s1. The van der Waals surface area contributed by atoms with E-state index in [-0.39, 0.29) is 32.3 Å². The Balaban J connectivity index is 1.99. The van der Waals surface area contributed by atoms with Crippen LogP contribution in [0.5, 0.6) is 0 Å². The van der Waals surface area contributed by atoms with Gasteiger partial charge < -0.3 is 31.2 Å². The maximum Gasteiger partial charge on any atom is 0.417 e. The van der Waals surface area contributed by atoms with Gasteiger partial charge in [0.2, 0.25) is 5.91 Å². The summed E-state index contributed by atoms with van der Waals surface area (Å²) in [4.78, 5) is 70.6. The molecule has 0 bridgehead atoms. The minimum absolute atomic E-state index is 0.00236. The van der Waals surface area contributed by atoms with E-state index in [1.807, 2.05) is 42.5 Å². The number of benzene rings is 2. The lowest BCUT2D eigenvalue weighted by Gasteiger charge is -2.34. The van der Waals surface area contributed by atoms with Crippen molar-refractivity contribution >= 4 is 40.7 Å². The van der Waals surface area contributed by atoms with E-state index in [9.17, 15) is 24.0 Å². The Morgan fingerprint density at radius 2 is 1.60 bits per heavy atom. The second-order valence-electron chi connectivity index (χ2n) is 12.5. The van der Waals surface area contributed by atoms with Crippen LogP contribution >= 0.6 is 0 Å². The summed E-state index contributed by atoms with van der Waals surface area (Å²) in [6.07, 6.45) is 1.83. The number of hydrogen-bond acceptors (Lipinski definition) is 8. The summed E-state index contributed by atoms with van der Waals surface area (Å²) < 4.78 is 11.1. The van der Waals surface area contributed by atoms with Crippen molar-refractivity contribution in [2.75, 3.05) is 6.54 Å². The molecule has 12 heteroatoms. The van der Waals surface area contributed by atoms with Crippen molar-refractivity contribution in [3.05, 3.63) is 71.9 Å². The summed E-state index contributed by atoms with van der Waals surface area (Å²) in [6.45, 7) is 5.31. The molecule has 2 aromatic carbocycles.